The van der Waals surface area contributed by atoms with Crippen molar-refractivity contribution in [3.05, 3.63) is 6.33 Å². The summed E-state index contributed by atoms with van der Waals surface area (Å²) in [5.74, 6) is 0.891. The number of aromatic nitrogens is 4. The van der Waals surface area contributed by atoms with Crippen LogP contribution in [0.3, 0.4) is 0 Å². The van der Waals surface area contributed by atoms with Crippen LogP contribution >= 0.6 is 0 Å². The van der Waals surface area contributed by atoms with Gasteiger partial charge in [-0.15, -0.1) is 5.10 Å². The van der Waals surface area contributed by atoms with E-state index >= 15 is 0 Å². The molecule has 2 aliphatic heterocycles. The van der Waals surface area contributed by atoms with Gasteiger partial charge in [-0.25, -0.2) is 4.68 Å². The van der Waals surface area contributed by atoms with Gasteiger partial charge in [0.25, 0.3) is 0 Å². The summed E-state index contributed by atoms with van der Waals surface area (Å²) in [6.45, 7) is 4.44. The molecule has 0 radical (unpaired) electrons. The number of nitrogens with zero attached hydrogens (tertiary/aromatic N) is 6. The molecule has 1 aromatic heterocycles. The molecule has 0 unspecified atom stereocenters. The maximum Gasteiger partial charge on any atom is 0.241 e. The van der Waals surface area contributed by atoms with E-state index in [1.165, 1.54) is 23.9 Å². The zero-order valence-electron chi connectivity index (χ0n) is 16.2. The van der Waals surface area contributed by atoms with Crippen molar-refractivity contribution in [1.82, 2.24) is 35.3 Å². The summed E-state index contributed by atoms with van der Waals surface area (Å²) >= 11 is 0. The van der Waals surface area contributed by atoms with Crippen LogP contribution in [0.1, 0.15) is 32.1 Å². The summed E-state index contributed by atoms with van der Waals surface area (Å²) in [7, 11) is 0. The monoisotopic (exact) mass is 391 g/mol. The molecule has 3 fully saturated rings. The third kappa shape index (κ3) is 5.05. The summed E-state index contributed by atoms with van der Waals surface area (Å²) in [6, 6.07) is 0.568. The maximum absolute atomic E-state index is 12.7. The fourth-order valence-corrected chi connectivity index (χ4v) is 4.18. The highest BCUT2D eigenvalue weighted by Crippen LogP contribution is 2.35. The summed E-state index contributed by atoms with van der Waals surface area (Å²) in [6.07, 6.45) is 6.58. The zero-order valence-corrected chi connectivity index (χ0v) is 16.2. The van der Waals surface area contributed by atoms with E-state index in [1.807, 2.05) is 4.90 Å². The molecule has 28 heavy (non-hydrogen) atoms. The number of likely N-dealkylation sites (tertiary alicyclic amines) is 1. The van der Waals surface area contributed by atoms with Crippen LogP contribution in [-0.2, 0) is 20.9 Å². The molecule has 2 saturated heterocycles. The molecule has 2 amide bonds. The molecular formula is C18H29N7O3. The Balaban J connectivity index is 1.29. The van der Waals surface area contributed by atoms with Crippen molar-refractivity contribution in [2.45, 2.75) is 50.7 Å². The van der Waals surface area contributed by atoms with E-state index in [2.05, 4.69) is 25.7 Å². The topological polar surface area (TPSA) is 105 Å². The number of tetrazole rings is 1. The van der Waals surface area contributed by atoms with Crippen molar-refractivity contribution in [2.75, 3.05) is 39.4 Å². The van der Waals surface area contributed by atoms with Crippen LogP contribution in [0.2, 0.25) is 0 Å². The largest absolute Gasteiger partial charge is 0.378 e. The molecule has 154 valence electrons. The Morgan fingerprint density at radius 2 is 1.89 bits per heavy atom. The Morgan fingerprint density at radius 1 is 1.11 bits per heavy atom. The highest BCUT2D eigenvalue weighted by molar-refractivity contribution is 5.77. The second-order valence-corrected chi connectivity index (χ2v) is 8.03. The first-order valence-corrected chi connectivity index (χ1v) is 10.3. The first-order chi connectivity index (χ1) is 13.7. The predicted octanol–water partition coefficient (Wildman–Crippen LogP) is -0.719. The van der Waals surface area contributed by atoms with Crippen LogP contribution in [0.4, 0.5) is 0 Å². The van der Waals surface area contributed by atoms with E-state index in [-0.39, 0.29) is 24.4 Å². The average Bonchev–Trinajstić information content (AvgIpc) is 3.24. The number of ether oxygens (including phenoxy) is 1. The molecule has 2 atom stereocenters. The van der Waals surface area contributed by atoms with Gasteiger partial charge >= 0.3 is 0 Å². The van der Waals surface area contributed by atoms with Crippen molar-refractivity contribution in [2.24, 2.45) is 5.92 Å². The molecular weight excluding hydrogens is 362 g/mol. The lowest BCUT2D eigenvalue weighted by Gasteiger charge is -2.33. The highest BCUT2D eigenvalue weighted by Gasteiger charge is 2.38. The standard InChI is InChI=1S/C18H29N7O3/c26-17(12-24-13-20-21-22-24)19-10-16-4-3-15(25(16)11-14-1-2-14)9-18(27)23-5-7-28-8-6-23/h13-16H,1-12H2,(H,19,26)/t15-,16+/m1/s1. The molecule has 3 heterocycles. The minimum Gasteiger partial charge on any atom is -0.378 e. The number of morpholine rings is 1. The molecule has 10 nitrogen and oxygen atoms in total. The molecule has 0 spiro atoms. The van der Waals surface area contributed by atoms with E-state index in [0.29, 0.717) is 45.3 Å². The Kier molecular flexibility index (Phi) is 6.16. The summed E-state index contributed by atoms with van der Waals surface area (Å²) < 4.78 is 6.76. The van der Waals surface area contributed by atoms with Gasteiger partial charge < -0.3 is 15.0 Å². The number of hydrogen-bond acceptors (Lipinski definition) is 7. The summed E-state index contributed by atoms with van der Waals surface area (Å²) in [4.78, 5) is 29.3. The fourth-order valence-electron chi connectivity index (χ4n) is 4.18. The SMILES string of the molecule is O=C(Cn1cnnn1)NC[C@@H]1CC[C@H](CC(=O)N2CCOCC2)N1CC1CC1. The van der Waals surface area contributed by atoms with Crippen molar-refractivity contribution < 1.29 is 14.3 Å². The molecule has 1 saturated carbocycles. The lowest BCUT2D eigenvalue weighted by molar-refractivity contribution is -0.136. The summed E-state index contributed by atoms with van der Waals surface area (Å²) in [5, 5.41) is 13.8. The number of carbonyl (C=O) groups excluding carboxylic acids is 2. The number of hydrogen-bond donors (Lipinski definition) is 1. The smallest absolute Gasteiger partial charge is 0.241 e. The van der Waals surface area contributed by atoms with E-state index in [1.54, 1.807) is 0 Å². The Labute approximate surface area is 164 Å². The molecule has 1 aromatic rings. The van der Waals surface area contributed by atoms with Crippen LogP contribution in [0.15, 0.2) is 6.33 Å². The molecule has 3 aliphatic rings. The fraction of sp³-hybridized carbons (Fsp3) is 0.833. The zero-order chi connectivity index (χ0) is 19.3. The third-order valence-electron chi connectivity index (χ3n) is 5.94. The van der Waals surface area contributed by atoms with Gasteiger partial charge in [-0.2, -0.15) is 0 Å². The predicted molar refractivity (Wildman–Crippen MR) is 99.1 cm³/mol. The Bertz CT molecular complexity index is 658. The van der Waals surface area contributed by atoms with E-state index < -0.39 is 0 Å². The minimum absolute atomic E-state index is 0.0912. The molecule has 1 N–H and O–H groups in total. The number of rotatable bonds is 8. The molecule has 0 bridgehead atoms. The van der Waals surface area contributed by atoms with Gasteiger partial charge in [0.05, 0.1) is 13.2 Å². The lowest BCUT2D eigenvalue weighted by atomic mass is 10.1. The first kappa shape index (κ1) is 19.3. The van der Waals surface area contributed by atoms with Crippen LogP contribution in [0, 0.1) is 5.92 Å². The van der Waals surface area contributed by atoms with Crippen LogP contribution in [0.5, 0.6) is 0 Å². The van der Waals surface area contributed by atoms with Crippen molar-refractivity contribution >= 4 is 11.8 Å². The van der Waals surface area contributed by atoms with Crippen LogP contribution in [-0.4, -0.2) is 93.3 Å². The Morgan fingerprint density at radius 3 is 2.61 bits per heavy atom. The third-order valence-corrected chi connectivity index (χ3v) is 5.94. The van der Waals surface area contributed by atoms with E-state index in [0.717, 1.165) is 25.3 Å². The van der Waals surface area contributed by atoms with Gasteiger partial charge in [0.2, 0.25) is 11.8 Å². The molecule has 4 rings (SSSR count). The normalized spacial score (nSPS) is 25.8. The second-order valence-electron chi connectivity index (χ2n) is 8.03. The molecule has 0 aromatic carbocycles. The van der Waals surface area contributed by atoms with Gasteiger partial charge in [0.15, 0.2) is 0 Å². The number of carbonyl (C=O) groups is 2. The number of nitrogens with one attached hydrogen (secondary N) is 1. The molecule has 1 aliphatic carbocycles. The van der Waals surface area contributed by atoms with E-state index in [9.17, 15) is 9.59 Å². The van der Waals surface area contributed by atoms with Crippen molar-refractivity contribution in [1.29, 1.82) is 0 Å². The van der Waals surface area contributed by atoms with Gasteiger partial charge in [-0.05, 0) is 42.0 Å². The van der Waals surface area contributed by atoms with Gasteiger partial charge in [0, 0.05) is 44.7 Å². The number of amides is 2. The second kappa shape index (κ2) is 8.95. The van der Waals surface area contributed by atoms with Gasteiger partial charge in [-0.1, -0.05) is 0 Å². The lowest BCUT2D eigenvalue weighted by Crippen LogP contribution is -2.47. The van der Waals surface area contributed by atoms with Crippen molar-refractivity contribution in [3.8, 4) is 0 Å². The van der Waals surface area contributed by atoms with Gasteiger partial charge in [-0.3, -0.25) is 14.5 Å². The first-order valence-electron chi connectivity index (χ1n) is 10.3. The quantitative estimate of drug-likeness (QED) is 0.623. The van der Waals surface area contributed by atoms with Crippen LogP contribution in [0.25, 0.3) is 0 Å². The highest BCUT2D eigenvalue weighted by atomic mass is 16.5. The average molecular weight is 391 g/mol. The maximum atomic E-state index is 12.7. The Hall–Kier alpha value is -2.07. The van der Waals surface area contributed by atoms with Crippen LogP contribution < -0.4 is 5.32 Å². The van der Waals surface area contributed by atoms with Gasteiger partial charge in [0.1, 0.15) is 12.9 Å². The van der Waals surface area contributed by atoms with E-state index in [4.69, 9.17) is 4.74 Å². The molecule has 10 heteroatoms. The van der Waals surface area contributed by atoms with Crippen molar-refractivity contribution in [3.63, 3.8) is 0 Å². The summed E-state index contributed by atoms with van der Waals surface area (Å²) in [5.41, 5.74) is 0. The minimum atomic E-state index is -0.0912.